The van der Waals surface area contributed by atoms with Crippen molar-refractivity contribution in [1.29, 1.82) is 0 Å². The zero-order valence-corrected chi connectivity index (χ0v) is 28.8. The summed E-state index contributed by atoms with van der Waals surface area (Å²) in [7, 11) is -0.763. The van der Waals surface area contributed by atoms with Gasteiger partial charge in [-0.15, -0.1) is 0 Å². The van der Waals surface area contributed by atoms with E-state index in [0.29, 0.717) is 5.75 Å². The maximum atomic E-state index is 13.2. The predicted octanol–water partition coefficient (Wildman–Crippen LogP) is 11.3. The van der Waals surface area contributed by atoms with Crippen molar-refractivity contribution in [2.24, 2.45) is 0 Å². The molecule has 3 nitrogen and oxygen atoms in total. The summed E-state index contributed by atoms with van der Waals surface area (Å²) in [5, 5.41) is 0. The van der Waals surface area contributed by atoms with Crippen LogP contribution in [-0.2, 0) is 26.5 Å². The second-order valence-electron chi connectivity index (χ2n) is 11.6. The van der Waals surface area contributed by atoms with E-state index < -0.39 is 22.7 Å². The van der Waals surface area contributed by atoms with Crippen LogP contribution in [0.15, 0.2) is 187 Å². The van der Waals surface area contributed by atoms with Gasteiger partial charge in [0, 0.05) is 0 Å². The third-order valence-corrected chi connectivity index (χ3v) is 11.2. The van der Waals surface area contributed by atoms with Crippen LogP contribution in [0.2, 0.25) is 0 Å². The first-order valence-corrected chi connectivity index (χ1v) is 17.9. The SMILES string of the molecule is CC(C)(C)OC(=O)Oc1ccc([S+](c2ccccc2)c2ccccc2)cc1.Fc1ccc([S+](c2ccc(F)cc2)c2ccc(F)cc2)cc1. The van der Waals surface area contributed by atoms with Gasteiger partial charge in [0.15, 0.2) is 29.4 Å². The van der Waals surface area contributed by atoms with Gasteiger partial charge in [0.2, 0.25) is 0 Å². The van der Waals surface area contributed by atoms with Crippen LogP contribution >= 0.6 is 0 Å². The Morgan fingerprint density at radius 2 is 0.735 bits per heavy atom. The first kappa shape index (κ1) is 35.4. The average molecular weight is 697 g/mol. The highest BCUT2D eigenvalue weighted by Crippen LogP contribution is 2.33. The lowest BCUT2D eigenvalue weighted by Crippen LogP contribution is -2.25. The Labute approximate surface area is 291 Å². The lowest BCUT2D eigenvalue weighted by atomic mass is 10.2. The molecule has 0 bridgehead atoms. The molecule has 6 rings (SSSR count). The predicted molar refractivity (Wildman–Crippen MR) is 190 cm³/mol. The Balaban J connectivity index is 0.000000195. The van der Waals surface area contributed by atoms with E-state index >= 15 is 0 Å². The van der Waals surface area contributed by atoms with Crippen LogP contribution in [-0.4, -0.2) is 11.8 Å². The minimum absolute atomic E-state index is 0.223. The van der Waals surface area contributed by atoms with E-state index in [9.17, 15) is 18.0 Å². The number of ether oxygens (including phenoxy) is 2. The number of hydrogen-bond acceptors (Lipinski definition) is 3. The van der Waals surface area contributed by atoms with Crippen LogP contribution in [0.5, 0.6) is 5.75 Å². The van der Waals surface area contributed by atoms with Gasteiger partial charge in [0.05, 0.1) is 21.8 Å². The van der Waals surface area contributed by atoms with Crippen molar-refractivity contribution in [3.8, 4) is 5.75 Å². The molecule has 0 N–H and O–H groups in total. The molecule has 0 amide bonds. The second-order valence-corrected chi connectivity index (χ2v) is 15.7. The van der Waals surface area contributed by atoms with E-state index in [1.165, 1.54) is 46.2 Å². The summed E-state index contributed by atoms with van der Waals surface area (Å²) in [6.07, 6.45) is -0.694. The summed E-state index contributed by atoms with van der Waals surface area (Å²) in [4.78, 5) is 18.1. The molecule has 0 spiro atoms. The normalized spacial score (nSPS) is 11.1. The Kier molecular flexibility index (Phi) is 11.9. The van der Waals surface area contributed by atoms with Crippen molar-refractivity contribution in [3.05, 3.63) is 175 Å². The van der Waals surface area contributed by atoms with Gasteiger partial charge in [-0.2, -0.15) is 0 Å². The lowest BCUT2D eigenvalue weighted by molar-refractivity contribution is 0.0206. The van der Waals surface area contributed by atoms with Crippen molar-refractivity contribution in [2.75, 3.05) is 0 Å². The number of hydrogen-bond donors (Lipinski definition) is 0. The van der Waals surface area contributed by atoms with Gasteiger partial charge in [-0.05, 0) is 142 Å². The van der Waals surface area contributed by atoms with Gasteiger partial charge in [-0.1, -0.05) is 36.4 Å². The van der Waals surface area contributed by atoms with Gasteiger partial charge in [0.25, 0.3) is 0 Å². The maximum absolute atomic E-state index is 13.2. The van der Waals surface area contributed by atoms with Gasteiger partial charge >= 0.3 is 6.16 Å². The fourth-order valence-corrected chi connectivity index (χ4v) is 8.78. The molecule has 0 aliphatic heterocycles. The first-order valence-electron chi connectivity index (χ1n) is 15.4. The molecule has 0 unspecified atom stereocenters. The maximum Gasteiger partial charge on any atom is 0.514 e. The number of carbonyl (C=O) groups is 1. The monoisotopic (exact) mass is 696 g/mol. The van der Waals surface area contributed by atoms with Crippen molar-refractivity contribution in [2.45, 2.75) is 55.7 Å². The molecular weight excluding hydrogens is 662 g/mol. The van der Waals surface area contributed by atoms with Crippen LogP contribution in [0, 0.1) is 17.5 Å². The van der Waals surface area contributed by atoms with E-state index in [2.05, 4.69) is 48.5 Å². The van der Waals surface area contributed by atoms with Gasteiger partial charge in [0.1, 0.15) is 28.8 Å². The standard InChI is InChI=1S/C23H23O3S.C18H12F3S/c1-23(2,3)26-22(24)25-18-14-16-21(17-15-18)27(19-10-6-4-7-11-19)20-12-8-5-9-13-20;19-13-1-7-16(8-2-13)22(17-9-3-14(20)4-10-17)18-11-5-15(21)6-12-18/h4-17H,1-3H3;1-12H/q2*+1. The molecule has 0 atom stereocenters. The zero-order valence-electron chi connectivity index (χ0n) is 27.2. The summed E-state index contributed by atoms with van der Waals surface area (Å²) < 4.78 is 50.0. The largest absolute Gasteiger partial charge is 0.514 e. The molecule has 0 fully saturated rings. The fourth-order valence-electron chi connectivity index (χ4n) is 4.65. The zero-order chi connectivity index (χ0) is 34.8. The molecule has 0 aromatic heterocycles. The molecular formula is C41H35F3O3S2+2. The average Bonchev–Trinajstić information content (AvgIpc) is 3.09. The third kappa shape index (κ3) is 10.3. The number of rotatable bonds is 7. The van der Waals surface area contributed by atoms with Crippen molar-refractivity contribution in [3.63, 3.8) is 0 Å². The first-order chi connectivity index (χ1) is 23.6. The van der Waals surface area contributed by atoms with Crippen molar-refractivity contribution in [1.82, 2.24) is 0 Å². The molecule has 0 saturated carbocycles. The van der Waals surface area contributed by atoms with Crippen LogP contribution in [0.3, 0.4) is 0 Å². The molecule has 0 radical (unpaired) electrons. The Hall–Kier alpha value is -4.92. The second kappa shape index (κ2) is 16.5. The highest BCUT2D eigenvalue weighted by molar-refractivity contribution is 7.97. The summed E-state index contributed by atoms with van der Waals surface area (Å²) in [6.45, 7) is 5.42. The number of carbonyl (C=O) groups excluding carboxylic acids is 1. The smallest absolute Gasteiger partial charge is 0.428 e. The Morgan fingerprint density at radius 3 is 1.04 bits per heavy atom. The highest BCUT2D eigenvalue weighted by atomic mass is 32.2. The number of halogens is 3. The van der Waals surface area contributed by atoms with Crippen molar-refractivity contribution >= 4 is 27.9 Å². The molecule has 0 aliphatic rings. The summed E-state index contributed by atoms with van der Waals surface area (Å²) >= 11 is 0. The van der Waals surface area contributed by atoms with Crippen LogP contribution in [0.1, 0.15) is 20.8 Å². The topological polar surface area (TPSA) is 35.5 Å². The molecule has 248 valence electrons. The van der Waals surface area contributed by atoms with E-state index in [-0.39, 0.29) is 28.3 Å². The highest BCUT2D eigenvalue weighted by Gasteiger charge is 2.30. The van der Waals surface area contributed by atoms with E-state index in [4.69, 9.17) is 9.47 Å². The van der Waals surface area contributed by atoms with E-state index in [0.717, 1.165) is 19.6 Å². The van der Waals surface area contributed by atoms with Crippen LogP contribution in [0.4, 0.5) is 18.0 Å². The molecule has 6 aromatic carbocycles. The van der Waals surface area contributed by atoms with Crippen LogP contribution < -0.4 is 4.74 Å². The number of benzene rings is 6. The molecule has 49 heavy (non-hydrogen) atoms. The van der Waals surface area contributed by atoms with Gasteiger partial charge in [-0.25, -0.2) is 18.0 Å². The lowest BCUT2D eigenvalue weighted by Gasteiger charge is -2.18. The van der Waals surface area contributed by atoms with E-state index in [1.54, 1.807) is 36.4 Å². The molecule has 6 aromatic rings. The summed E-state index contributed by atoms with van der Waals surface area (Å²) in [5.74, 6) is -0.473. The minimum Gasteiger partial charge on any atom is -0.428 e. The van der Waals surface area contributed by atoms with Crippen LogP contribution in [0.25, 0.3) is 0 Å². The summed E-state index contributed by atoms with van der Waals surface area (Å²) in [5.41, 5.74) is -0.579. The quantitative estimate of drug-likeness (QED) is 0.0947. The Bertz CT molecular complexity index is 1770. The fraction of sp³-hybridized carbons (Fsp3) is 0.0976. The van der Waals surface area contributed by atoms with E-state index in [1.807, 2.05) is 57.2 Å². The third-order valence-electron chi connectivity index (χ3n) is 6.76. The molecule has 0 aliphatic carbocycles. The Morgan fingerprint density at radius 1 is 0.449 bits per heavy atom. The molecule has 8 heteroatoms. The molecule has 0 heterocycles. The van der Waals surface area contributed by atoms with Gasteiger partial charge < -0.3 is 9.47 Å². The molecule has 0 saturated heterocycles. The van der Waals surface area contributed by atoms with Crippen molar-refractivity contribution < 1.29 is 27.4 Å². The van der Waals surface area contributed by atoms with Gasteiger partial charge in [-0.3, -0.25) is 0 Å². The summed E-state index contributed by atoms with van der Waals surface area (Å²) in [6, 6.07) is 47.0. The minimum atomic E-state index is -0.694.